The number of amides is 1. The smallest absolute Gasteiger partial charge is 0.225 e. The van der Waals surface area contributed by atoms with Crippen LogP contribution in [-0.2, 0) is 4.79 Å². The zero-order chi connectivity index (χ0) is 10.6. The van der Waals surface area contributed by atoms with Gasteiger partial charge in [0, 0.05) is 24.9 Å². The van der Waals surface area contributed by atoms with Crippen LogP contribution in [0.2, 0.25) is 0 Å². The predicted molar refractivity (Wildman–Crippen MR) is 63.9 cm³/mol. The quantitative estimate of drug-likeness (QED) is 0.829. The number of anilines is 1. The minimum atomic E-state index is -0.116. The topological polar surface area (TPSA) is 68.0 Å². The summed E-state index contributed by atoms with van der Waals surface area (Å²) in [5.41, 5.74) is 6.29. The van der Waals surface area contributed by atoms with Gasteiger partial charge in [0.25, 0.3) is 0 Å². The molecule has 3 N–H and O–H groups in total. The fourth-order valence-electron chi connectivity index (χ4n) is 0.970. The fourth-order valence-corrected chi connectivity index (χ4v) is 1.45. The SMILES string of the molecule is CC(N)CC(=O)Nc1ccncc1I. The molecule has 1 unspecified atom stereocenters. The molecule has 0 saturated carbocycles. The molecule has 1 heterocycles. The third-order valence-corrected chi connectivity index (χ3v) is 2.41. The normalized spacial score (nSPS) is 12.2. The first-order valence-corrected chi connectivity index (χ1v) is 5.32. The number of hydrogen-bond acceptors (Lipinski definition) is 3. The van der Waals surface area contributed by atoms with Gasteiger partial charge in [0.05, 0.1) is 9.26 Å². The molecule has 0 aliphatic carbocycles. The molecule has 0 saturated heterocycles. The standard InChI is InChI=1S/C9H12IN3O/c1-6(11)4-9(14)13-8-2-3-12-5-7(8)10/h2-3,5-6H,4,11H2,1H3,(H,12,13,14). The van der Waals surface area contributed by atoms with Crippen molar-refractivity contribution in [2.75, 3.05) is 5.32 Å². The van der Waals surface area contributed by atoms with Crippen molar-refractivity contribution in [2.24, 2.45) is 5.73 Å². The summed E-state index contributed by atoms with van der Waals surface area (Å²) in [6.45, 7) is 1.80. The molecular formula is C9H12IN3O. The second kappa shape index (κ2) is 5.26. The summed E-state index contributed by atoms with van der Waals surface area (Å²) < 4.78 is 0.920. The average Bonchev–Trinajstić information content (AvgIpc) is 2.07. The fraction of sp³-hybridized carbons (Fsp3) is 0.333. The number of halogens is 1. The minimum Gasteiger partial charge on any atom is -0.327 e. The van der Waals surface area contributed by atoms with Crippen LogP contribution in [-0.4, -0.2) is 16.9 Å². The van der Waals surface area contributed by atoms with Crippen LogP contribution in [0, 0.1) is 3.57 Å². The van der Waals surface area contributed by atoms with Gasteiger partial charge in [0.15, 0.2) is 0 Å². The lowest BCUT2D eigenvalue weighted by Gasteiger charge is -2.08. The van der Waals surface area contributed by atoms with Gasteiger partial charge in [-0.25, -0.2) is 0 Å². The number of carbonyl (C=O) groups excluding carboxylic acids is 1. The number of rotatable bonds is 3. The molecule has 1 atom stereocenters. The number of nitrogens with two attached hydrogens (primary N) is 1. The molecule has 1 amide bonds. The highest BCUT2D eigenvalue weighted by molar-refractivity contribution is 14.1. The van der Waals surface area contributed by atoms with Crippen LogP contribution in [0.5, 0.6) is 0 Å². The van der Waals surface area contributed by atoms with Gasteiger partial charge in [-0.2, -0.15) is 0 Å². The van der Waals surface area contributed by atoms with E-state index in [0.29, 0.717) is 6.42 Å². The Kier molecular flexibility index (Phi) is 4.27. The predicted octanol–water partition coefficient (Wildman–Crippen LogP) is 1.36. The molecule has 0 spiro atoms. The largest absolute Gasteiger partial charge is 0.327 e. The van der Waals surface area contributed by atoms with E-state index in [1.807, 2.05) is 0 Å². The number of nitrogens with one attached hydrogen (secondary N) is 1. The van der Waals surface area contributed by atoms with Gasteiger partial charge >= 0.3 is 0 Å². The summed E-state index contributed by atoms with van der Waals surface area (Å²) in [7, 11) is 0. The third-order valence-electron chi connectivity index (χ3n) is 1.55. The highest BCUT2D eigenvalue weighted by Gasteiger charge is 2.06. The van der Waals surface area contributed by atoms with Crippen LogP contribution in [0.15, 0.2) is 18.5 Å². The Morgan fingerprint density at radius 3 is 3.07 bits per heavy atom. The number of aromatic nitrogens is 1. The Hall–Kier alpha value is -0.690. The van der Waals surface area contributed by atoms with Crippen LogP contribution in [0.4, 0.5) is 5.69 Å². The van der Waals surface area contributed by atoms with Gasteiger partial charge in [-0.1, -0.05) is 0 Å². The number of pyridine rings is 1. The Morgan fingerprint density at radius 2 is 2.50 bits per heavy atom. The Morgan fingerprint density at radius 1 is 1.79 bits per heavy atom. The zero-order valence-corrected chi connectivity index (χ0v) is 9.98. The first-order valence-electron chi connectivity index (χ1n) is 4.24. The van der Waals surface area contributed by atoms with Gasteiger partial charge in [-0.05, 0) is 35.6 Å². The van der Waals surface area contributed by atoms with Gasteiger partial charge in [-0.15, -0.1) is 0 Å². The molecule has 5 heteroatoms. The van der Waals surface area contributed by atoms with E-state index in [-0.39, 0.29) is 11.9 Å². The van der Waals surface area contributed by atoms with Crippen LogP contribution in [0.1, 0.15) is 13.3 Å². The van der Waals surface area contributed by atoms with E-state index < -0.39 is 0 Å². The van der Waals surface area contributed by atoms with Crippen molar-refractivity contribution in [3.05, 3.63) is 22.0 Å². The van der Waals surface area contributed by atoms with Crippen molar-refractivity contribution in [1.82, 2.24) is 4.98 Å². The summed E-state index contributed by atoms with van der Waals surface area (Å²) in [5, 5.41) is 2.78. The van der Waals surface area contributed by atoms with Crippen molar-refractivity contribution >= 4 is 34.2 Å². The van der Waals surface area contributed by atoms with Crippen molar-refractivity contribution < 1.29 is 4.79 Å². The molecule has 0 fully saturated rings. The van der Waals surface area contributed by atoms with E-state index in [2.05, 4.69) is 32.9 Å². The molecule has 0 radical (unpaired) electrons. The first-order chi connectivity index (χ1) is 6.59. The van der Waals surface area contributed by atoms with Crippen molar-refractivity contribution in [2.45, 2.75) is 19.4 Å². The Bertz CT molecular complexity index is 328. The molecular weight excluding hydrogens is 293 g/mol. The molecule has 14 heavy (non-hydrogen) atoms. The lowest BCUT2D eigenvalue weighted by Crippen LogP contribution is -2.24. The molecule has 1 rings (SSSR count). The zero-order valence-electron chi connectivity index (χ0n) is 7.83. The van der Waals surface area contributed by atoms with Gasteiger partial charge < -0.3 is 11.1 Å². The van der Waals surface area contributed by atoms with E-state index in [1.54, 1.807) is 25.4 Å². The number of nitrogens with zero attached hydrogens (tertiary/aromatic N) is 1. The molecule has 0 aliphatic rings. The van der Waals surface area contributed by atoms with Crippen LogP contribution < -0.4 is 11.1 Å². The second-order valence-corrected chi connectivity index (χ2v) is 4.25. The molecule has 0 bridgehead atoms. The Balaban J connectivity index is 2.61. The van der Waals surface area contributed by atoms with E-state index >= 15 is 0 Å². The summed E-state index contributed by atoms with van der Waals surface area (Å²) >= 11 is 2.12. The molecule has 1 aromatic heterocycles. The Labute approximate surface area is 96.4 Å². The second-order valence-electron chi connectivity index (χ2n) is 3.09. The lowest BCUT2D eigenvalue weighted by atomic mass is 10.2. The number of carbonyl (C=O) groups is 1. The maximum atomic E-state index is 11.4. The van der Waals surface area contributed by atoms with Crippen LogP contribution in [0.25, 0.3) is 0 Å². The lowest BCUT2D eigenvalue weighted by molar-refractivity contribution is -0.116. The van der Waals surface area contributed by atoms with Gasteiger partial charge in [0.1, 0.15) is 0 Å². The maximum Gasteiger partial charge on any atom is 0.225 e. The van der Waals surface area contributed by atoms with E-state index in [1.165, 1.54) is 0 Å². The number of hydrogen-bond donors (Lipinski definition) is 2. The van der Waals surface area contributed by atoms with Crippen LogP contribution >= 0.6 is 22.6 Å². The molecule has 76 valence electrons. The van der Waals surface area contributed by atoms with Gasteiger partial charge in [0.2, 0.25) is 5.91 Å². The molecule has 4 nitrogen and oxygen atoms in total. The summed E-state index contributed by atoms with van der Waals surface area (Å²) in [6.07, 6.45) is 3.67. The van der Waals surface area contributed by atoms with Crippen molar-refractivity contribution in [3.8, 4) is 0 Å². The minimum absolute atomic E-state index is 0.0656. The van der Waals surface area contributed by atoms with Crippen molar-refractivity contribution in [3.63, 3.8) is 0 Å². The third kappa shape index (κ3) is 3.59. The van der Waals surface area contributed by atoms with E-state index in [9.17, 15) is 4.79 Å². The van der Waals surface area contributed by atoms with E-state index in [4.69, 9.17) is 5.73 Å². The summed E-state index contributed by atoms with van der Waals surface area (Å²) in [4.78, 5) is 15.3. The molecule has 1 aromatic rings. The maximum absolute atomic E-state index is 11.4. The van der Waals surface area contributed by atoms with Crippen LogP contribution in [0.3, 0.4) is 0 Å². The van der Waals surface area contributed by atoms with Crippen molar-refractivity contribution in [1.29, 1.82) is 0 Å². The first kappa shape index (κ1) is 11.4. The highest BCUT2D eigenvalue weighted by Crippen LogP contribution is 2.15. The summed E-state index contributed by atoms with van der Waals surface area (Å²) in [6, 6.07) is 1.65. The summed E-state index contributed by atoms with van der Waals surface area (Å²) in [5.74, 6) is -0.0656. The average molecular weight is 305 g/mol. The van der Waals surface area contributed by atoms with Gasteiger partial charge in [-0.3, -0.25) is 9.78 Å². The highest BCUT2D eigenvalue weighted by atomic mass is 127. The van der Waals surface area contributed by atoms with E-state index in [0.717, 1.165) is 9.26 Å². The molecule has 0 aromatic carbocycles. The monoisotopic (exact) mass is 305 g/mol. The molecule has 0 aliphatic heterocycles.